The number of fused-ring (bicyclic) bond motifs is 1. The molecule has 1 atom stereocenters. The van der Waals surface area contributed by atoms with Crippen molar-refractivity contribution in [2.45, 2.75) is 43.9 Å². The van der Waals surface area contributed by atoms with Crippen molar-refractivity contribution < 1.29 is 35.1 Å². The number of pyridine rings is 1. The van der Waals surface area contributed by atoms with Gasteiger partial charge in [-0.2, -0.15) is 9.37 Å². The van der Waals surface area contributed by atoms with Crippen LogP contribution in [0.15, 0.2) is 17.2 Å². The molecule has 2 aromatic heterocycles. The van der Waals surface area contributed by atoms with Crippen LogP contribution in [-0.2, 0) is 22.9 Å². The summed E-state index contributed by atoms with van der Waals surface area (Å²) < 4.78 is 100. The molecule has 0 saturated heterocycles. The summed E-state index contributed by atoms with van der Waals surface area (Å²) in [5.74, 6) is -7.08. The lowest BCUT2D eigenvalue weighted by atomic mass is 9.71. The van der Waals surface area contributed by atoms with E-state index >= 15 is 0 Å². The predicted octanol–water partition coefficient (Wildman–Crippen LogP) is 3.99. The number of halogens is 5. The van der Waals surface area contributed by atoms with Crippen LogP contribution in [0.5, 0.6) is 5.75 Å². The summed E-state index contributed by atoms with van der Waals surface area (Å²) in [7, 11) is -4.39. The summed E-state index contributed by atoms with van der Waals surface area (Å²) in [6, 6.07) is 0.553. The van der Waals surface area contributed by atoms with Gasteiger partial charge in [-0.1, -0.05) is 6.92 Å². The summed E-state index contributed by atoms with van der Waals surface area (Å²) in [5, 5.41) is 0. The molecule has 0 aromatic carbocycles. The molecule has 0 radical (unpaired) electrons. The molecule has 2 N–H and O–H groups in total. The SMILES string of the molecule is CC(F)(F)C1(C)CCc2c(S(=O)(=O)Nc3nc(F)c(OCCF)cc3F)c[nH]c2C1. The Morgan fingerprint density at radius 1 is 1.37 bits per heavy atom. The second-order valence-corrected chi connectivity index (χ2v) is 9.14. The summed E-state index contributed by atoms with van der Waals surface area (Å²) >= 11 is 0. The Labute approximate surface area is 169 Å². The van der Waals surface area contributed by atoms with E-state index in [1.54, 1.807) is 0 Å². The largest absolute Gasteiger partial charge is 0.486 e. The predicted molar refractivity (Wildman–Crippen MR) is 98.0 cm³/mol. The molecule has 1 aliphatic carbocycles. The third-order valence-corrected chi connectivity index (χ3v) is 6.75. The van der Waals surface area contributed by atoms with Crippen molar-refractivity contribution in [1.29, 1.82) is 0 Å². The highest BCUT2D eigenvalue weighted by molar-refractivity contribution is 7.92. The van der Waals surface area contributed by atoms with E-state index in [4.69, 9.17) is 0 Å². The number of sulfonamides is 1. The van der Waals surface area contributed by atoms with Crippen molar-refractivity contribution in [3.8, 4) is 5.75 Å². The topological polar surface area (TPSA) is 84.1 Å². The number of nitrogens with zero attached hydrogens (tertiary/aromatic N) is 1. The number of rotatable bonds is 7. The Bertz CT molecular complexity index is 1050. The molecule has 166 valence electrons. The van der Waals surface area contributed by atoms with Crippen LogP contribution in [0.3, 0.4) is 0 Å². The second kappa shape index (κ2) is 7.71. The normalized spacial score (nSPS) is 19.4. The molecule has 0 aliphatic heterocycles. The molecule has 0 spiro atoms. The summed E-state index contributed by atoms with van der Waals surface area (Å²) in [6.45, 7) is 0.799. The van der Waals surface area contributed by atoms with Crippen LogP contribution in [0.1, 0.15) is 31.5 Å². The average molecular weight is 453 g/mol. The van der Waals surface area contributed by atoms with Crippen LogP contribution in [-0.4, -0.2) is 37.6 Å². The lowest BCUT2D eigenvalue weighted by Gasteiger charge is -2.38. The van der Waals surface area contributed by atoms with E-state index in [0.29, 0.717) is 17.3 Å². The van der Waals surface area contributed by atoms with E-state index in [1.807, 2.05) is 4.72 Å². The van der Waals surface area contributed by atoms with Crippen LogP contribution in [0.2, 0.25) is 0 Å². The molecule has 0 fully saturated rings. The van der Waals surface area contributed by atoms with E-state index in [0.717, 1.165) is 13.1 Å². The quantitative estimate of drug-likeness (QED) is 0.491. The van der Waals surface area contributed by atoms with Crippen LogP contribution < -0.4 is 9.46 Å². The van der Waals surface area contributed by atoms with E-state index in [2.05, 4.69) is 14.7 Å². The van der Waals surface area contributed by atoms with Gasteiger partial charge in [0.2, 0.25) is 0 Å². The van der Waals surface area contributed by atoms with Crippen molar-refractivity contribution >= 4 is 15.8 Å². The number of hydrogen-bond donors (Lipinski definition) is 2. The number of aromatic nitrogens is 2. The number of nitrogens with one attached hydrogen (secondary N) is 2. The van der Waals surface area contributed by atoms with Gasteiger partial charge in [0, 0.05) is 23.4 Å². The lowest BCUT2D eigenvalue weighted by Crippen LogP contribution is -2.41. The number of hydrogen-bond acceptors (Lipinski definition) is 4. The van der Waals surface area contributed by atoms with Crippen molar-refractivity contribution in [3.63, 3.8) is 0 Å². The van der Waals surface area contributed by atoms with Gasteiger partial charge in [-0.3, -0.25) is 4.72 Å². The number of ether oxygens (including phenoxy) is 1. The van der Waals surface area contributed by atoms with Gasteiger partial charge in [-0.25, -0.2) is 26.0 Å². The van der Waals surface area contributed by atoms with E-state index in [9.17, 15) is 30.4 Å². The maximum Gasteiger partial charge on any atom is 0.264 e. The zero-order valence-corrected chi connectivity index (χ0v) is 17.0. The lowest BCUT2D eigenvalue weighted by molar-refractivity contribution is -0.105. The summed E-state index contributed by atoms with van der Waals surface area (Å²) in [6.07, 6.45) is 1.17. The molecular weight excluding hydrogens is 433 g/mol. The molecule has 0 saturated carbocycles. The van der Waals surface area contributed by atoms with Crippen LogP contribution in [0.4, 0.5) is 27.8 Å². The summed E-state index contributed by atoms with van der Waals surface area (Å²) in [4.78, 5) is 5.66. The molecular formula is C18H20F5N3O3S. The number of alkyl halides is 3. The average Bonchev–Trinajstić information content (AvgIpc) is 3.06. The molecule has 1 aliphatic rings. The molecule has 12 heteroatoms. The smallest absolute Gasteiger partial charge is 0.264 e. The zero-order valence-electron chi connectivity index (χ0n) is 16.2. The van der Waals surface area contributed by atoms with Crippen LogP contribution >= 0.6 is 0 Å². The van der Waals surface area contributed by atoms with Gasteiger partial charge in [0.25, 0.3) is 21.9 Å². The van der Waals surface area contributed by atoms with Crippen LogP contribution in [0.25, 0.3) is 0 Å². The molecule has 0 amide bonds. The van der Waals surface area contributed by atoms with Crippen molar-refractivity contribution in [2.24, 2.45) is 5.41 Å². The first kappa shape index (κ1) is 22.3. The maximum absolute atomic E-state index is 14.2. The highest BCUT2D eigenvalue weighted by atomic mass is 32.2. The number of H-pyrrole nitrogens is 1. The first-order valence-corrected chi connectivity index (χ1v) is 10.5. The van der Waals surface area contributed by atoms with Crippen LogP contribution in [0, 0.1) is 17.2 Å². The fourth-order valence-corrected chi connectivity index (χ4v) is 4.63. The van der Waals surface area contributed by atoms with E-state index in [1.165, 1.54) is 6.92 Å². The Hall–Kier alpha value is -2.37. The third-order valence-electron chi connectivity index (χ3n) is 5.35. The zero-order chi connectivity index (χ0) is 22.3. The second-order valence-electron chi connectivity index (χ2n) is 7.49. The fraction of sp³-hybridized carbons (Fsp3) is 0.500. The first-order valence-electron chi connectivity index (χ1n) is 9.02. The monoisotopic (exact) mass is 453 g/mol. The molecule has 2 aromatic rings. The highest BCUT2D eigenvalue weighted by Crippen LogP contribution is 2.47. The van der Waals surface area contributed by atoms with E-state index < -0.39 is 58.0 Å². The Morgan fingerprint density at radius 3 is 2.70 bits per heavy atom. The number of anilines is 1. The fourth-order valence-electron chi connectivity index (χ4n) is 3.35. The Kier molecular flexibility index (Phi) is 5.74. The minimum atomic E-state index is -4.39. The highest BCUT2D eigenvalue weighted by Gasteiger charge is 2.48. The molecule has 2 heterocycles. The Morgan fingerprint density at radius 2 is 2.07 bits per heavy atom. The molecule has 3 rings (SSSR count). The van der Waals surface area contributed by atoms with E-state index in [-0.39, 0.29) is 24.2 Å². The van der Waals surface area contributed by atoms with Gasteiger partial charge in [0.05, 0.1) is 0 Å². The molecule has 1 unspecified atom stereocenters. The van der Waals surface area contributed by atoms with Gasteiger partial charge in [0.1, 0.15) is 18.2 Å². The first-order chi connectivity index (χ1) is 13.9. The summed E-state index contributed by atoms with van der Waals surface area (Å²) in [5.41, 5.74) is -0.681. The van der Waals surface area contributed by atoms with Gasteiger partial charge in [-0.05, 0) is 31.7 Å². The van der Waals surface area contributed by atoms with Gasteiger partial charge in [0.15, 0.2) is 17.4 Å². The maximum atomic E-state index is 14.2. The molecule has 6 nitrogen and oxygen atoms in total. The molecule has 0 bridgehead atoms. The van der Waals surface area contributed by atoms with Gasteiger partial charge >= 0.3 is 0 Å². The minimum Gasteiger partial charge on any atom is -0.486 e. The van der Waals surface area contributed by atoms with Crippen molar-refractivity contribution in [2.75, 3.05) is 18.0 Å². The molecule has 30 heavy (non-hydrogen) atoms. The minimum absolute atomic E-state index is 0.0473. The van der Waals surface area contributed by atoms with Crippen molar-refractivity contribution in [3.05, 3.63) is 35.3 Å². The van der Waals surface area contributed by atoms with Gasteiger partial charge < -0.3 is 9.72 Å². The third kappa shape index (κ3) is 4.09. The van der Waals surface area contributed by atoms with Gasteiger partial charge in [-0.15, -0.1) is 0 Å². The number of aromatic amines is 1. The standard InChI is InChI=1S/C18H20F5N3O3S/c1-17(18(2,22)23)4-3-10-12(8-17)24-9-14(10)30(27,28)26-16-11(20)7-13(15(21)25-16)29-6-5-19/h7,9,24H,3-6,8H2,1-2H3,(H,25,26). The van der Waals surface area contributed by atoms with Crippen molar-refractivity contribution in [1.82, 2.24) is 9.97 Å². The Balaban J connectivity index is 1.88.